The van der Waals surface area contributed by atoms with Gasteiger partial charge < -0.3 is 14.6 Å². The van der Waals surface area contributed by atoms with Crippen LogP contribution in [-0.4, -0.2) is 25.9 Å². The minimum absolute atomic E-state index is 0.111. The van der Waals surface area contributed by atoms with E-state index in [4.69, 9.17) is 16.3 Å². The number of carbonyl (C=O) groups excluding carboxylic acids is 1. The number of hydrogen-bond acceptors (Lipinski definition) is 5. The number of carbonyl (C=O) groups is 1. The zero-order chi connectivity index (χ0) is 23.2. The number of rotatable bonds is 8. The van der Waals surface area contributed by atoms with E-state index in [1.54, 1.807) is 12.1 Å². The monoisotopic (exact) mass is 478 g/mol. The predicted octanol–water partition coefficient (Wildman–Crippen LogP) is 5.83. The smallest absolute Gasteiger partial charge is 0.237 e. The van der Waals surface area contributed by atoms with Gasteiger partial charge in [-0.2, -0.15) is 0 Å². The maximum absolute atomic E-state index is 12.9. The van der Waals surface area contributed by atoms with Gasteiger partial charge in [-0.05, 0) is 30.7 Å². The summed E-state index contributed by atoms with van der Waals surface area (Å²) in [7, 11) is 1.85. The first-order valence-corrected chi connectivity index (χ1v) is 11.7. The Morgan fingerprint density at radius 2 is 1.73 bits per heavy atom. The summed E-state index contributed by atoms with van der Waals surface area (Å²) in [5.41, 5.74) is 2.79. The normalized spacial score (nSPS) is 11.7. The van der Waals surface area contributed by atoms with E-state index in [9.17, 15) is 4.79 Å². The Kier molecular flexibility index (Phi) is 7.32. The summed E-state index contributed by atoms with van der Waals surface area (Å²) in [4.78, 5) is 12.9. The Morgan fingerprint density at radius 3 is 2.52 bits per heavy atom. The van der Waals surface area contributed by atoms with Crippen LogP contribution in [-0.2, 0) is 18.4 Å². The van der Waals surface area contributed by atoms with Crippen LogP contribution >= 0.6 is 23.4 Å². The van der Waals surface area contributed by atoms with Gasteiger partial charge >= 0.3 is 0 Å². The van der Waals surface area contributed by atoms with Crippen LogP contribution in [0.25, 0.3) is 11.1 Å². The molecule has 0 aliphatic heterocycles. The maximum Gasteiger partial charge on any atom is 0.237 e. The average molecular weight is 479 g/mol. The first kappa shape index (κ1) is 22.9. The standard InChI is InChI=1S/C25H23ClN4O2S/c1-17(24(31)27-21-14-8-6-12-19(21)18-10-4-3-5-11-18)33-25-29-28-23(30(25)2)16-32-22-15-9-7-13-20(22)26/h3-15,17H,16H2,1-2H3,(H,27,31). The van der Waals surface area contributed by atoms with Crippen LogP contribution in [0.5, 0.6) is 5.75 Å². The highest BCUT2D eigenvalue weighted by Gasteiger charge is 2.20. The Morgan fingerprint density at radius 1 is 1.03 bits per heavy atom. The molecule has 0 aliphatic carbocycles. The molecule has 1 amide bonds. The number of benzene rings is 3. The Bertz CT molecular complexity index is 1250. The van der Waals surface area contributed by atoms with E-state index >= 15 is 0 Å². The molecule has 1 atom stereocenters. The van der Waals surface area contributed by atoms with Gasteiger partial charge in [0, 0.05) is 18.3 Å². The molecule has 3 aromatic carbocycles. The molecule has 0 radical (unpaired) electrons. The molecule has 1 aromatic heterocycles. The molecule has 0 bridgehead atoms. The van der Waals surface area contributed by atoms with Gasteiger partial charge in [0.2, 0.25) is 5.91 Å². The molecule has 0 aliphatic rings. The second-order valence-electron chi connectivity index (χ2n) is 7.34. The minimum Gasteiger partial charge on any atom is -0.484 e. The van der Waals surface area contributed by atoms with Crippen molar-refractivity contribution in [1.82, 2.24) is 14.8 Å². The van der Waals surface area contributed by atoms with E-state index in [0.29, 0.717) is 21.8 Å². The molecule has 6 nitrogen and oxygen atoms in total. The number of anilines is 1. The summed E-state index contributed by atoms with van der Waals surface area (Å²) in [5, 5.41) is 12.3. The first-order valence-electron chi connectivity index (χ1n) is 10.4. The van der Waals surface area contributed by atoms with E-state index in [1.165, 1.54) is 11.8 Å². The van der Waals surface area contributed by atoms with Crippen LogP contribution < -0.4 is 10.1 Å². The van der Waals surface area contributed by atoms with Crippen molar-refractivity contribution in [3.8, 4) is 16.9 Å². The van der Waals surface area contributed by atoms with Crippen LogP contribution in [0.3, 0.4) is 0 Å². The molecule has 33 heavy (non-hydrogen) atoms. The highest BCUT2D eigenvalue weighted by molar-refractivity contribution is 8.00. The van der Waals surface area contributed by atoms with E-state index in [1.807, 2.05) is 85.3 Å². The lowest BCUT2D eigenvalue weighted by atomic mass is 10.0. The van der Waals surface area contributed by atoms with E-state index in [2.05, 4.69) is 15.5 Å². The Labute approximate surface area is 202 Å². The number of ether oxygens (including phenoxy) is 1. The van der Waals surface area contributed by atoms with Crippen molar-refractivity contribution in [3.63, 3.8) is 0 Å². The van der Waals surface area contributed by atoms with Gasteiger partial charge in [0.25, 0.3) is 0 Å². The third-order valence-corrected chi connectivity index (χ3v) is 6.49. The molecule has 1 unspecified atom stereocenters. The van der Waals surface area contributed by atoms with Gasteiger partial charge in [0.05, 0.1) is 10.3 Å². The van der Waals surface area contributed by atoms with Crippen LogP contribution in [0.4, 0.5) is 5.69 Å². The van der Waals surface area contributed by atoms with Crippen LogP contribution in [0.2, 0.25) is 5.02 Å². The molecule has 1 heterocycles. The maximum atomic E-state index is 12.9. The van der Waals surface area contributed by atoms with Gasteiger partial charge in [0.1, 0.15) is 12.4 Å². The van der Waals surface area contributed by atoms with Crippen molar-refractivity contribution in [2.75, 3.05) is 5.32 Å². The molecule has 1 N–H and O–H groups in total. The lowest BCUT2D eigenvalue weighted by Gasteiger charge is -2.15. The quantitative estimate of drug-likeness (QED) is 0.322. The van der Waals surface area contributed by atoms with E-state index in [-0.39, 0.29) is 17.8 Å². The third-order valence-electron chi connectivity index (χ3n) is 5.04. The lowest BCUT2D eigenvalue weighted by Crippen LogP contribution is -2.23. The van der Waals surface area contributed by atoms with Crippen LogP contribution in [0, 0.1) is 0 Å². The van der Waals surface area contributed by atoms with Crippen LogP contribution in [0.15, 0.2) is 84.0 Å². The van der Waals surface area contributed by atoms with Crippen molar-refractivity contribution in [2.45, 2.75) is 23.9 Å². The van der Waals surface area contributed by atoms with E-state index in [0.717, 1.165) is 16.8 Å². The number of aromatic nitrogens is 3. The van der Waals surface area contributed by atoms with Gasteiger partial charge in [0.15, 0.2) is 11.0 Å². The van der Waals surface area contributed by atoms with E-state index < -0.39 is 0 Å². The van der Waals surface area contributed by atoms with Crippen molar-refractivity contribution in [1.29, 1.82) is 0 Å². The van der Waals surface area contributed by atoms with Gasteiger partial charge in [-0.15, -0.1) is 10.2 Å². The topological polar surface area (TPSA) is 69.0 Å². The first-order chi connectivity index (χ1) is 16.0. The zero-order valence-corrected chi connectivity index (χ0v) is 19.8. The molecule has 0 spiro atoms. The fourth-order valence-electron chi connectivity index (χ4n) is 3.19. The molecular weight excluding hydrogens is 456 g/mol. The SMILES string of the molecule is CC(Sc1nnc(COc2ccccc2Cl)n1C)C(=O)Nc1ccccc1-c1ccccc1. The van der Waals surface area contributed by atoms with Gasteiger partial charge in [-0.25, -0.2) is 0 Å². The number of para-hydroxylation sites is 2. The average Bonchev–Trinajstić information content (AvgIpc) is 3.18. The minimum atomic E-state index is -0.380. The Balaban J connectivity index is 1.41. The molecule has 4 rings (SSSR count). The van der Waals surface area contributed by atoms with Crippen molar-refractivity contribution < 1.29 is 9.53 Å². The number of nitrogens with zero attached hydrogens (tertiary/aromatic N) is 3. The summed E-state index contributed by atoms with van der Waals surface area (Å²) < 4.78 is 7.58. The van der Waals surface area contributed by atoms with Crippen molar-refractivity contribution >= 4 is 35.0 Å². The highest BCUT2D eigenvalue weighted by atomic mass is 35.5. The molecule has 168 valence electrons. The summed E-state index contributed by atoms with van der Waals surface area (Å²) >= 11 is 7.48. The predicted molar refractivity (Wildman–Crippen MR) is 133 cm³/mol. The second kappa shape index (κ2) is 10.6. The molecule has 0 saturated carbocycles. The summed E-state index contributed by atoms with van der Waals surface area (Å²) in [6.45, 7) is 2.07. The Hall–Kier alpha value is -3.29. The molecule has 4 aromatic rings. The molecule has 0 saturated heterocycles. The lowest BCUT2D eigenvalue weighted by molar-refractivity contribution is -0.115. The second-order valence-corrected chi connectivity index (χ2v) is 9.05. The van der Waals surface area contributed by atoms with Gasteiger partial charge in [-0.3, -0.25) is 4.79 Å². The number of thioether (sulfide) groups is 1. The summed E-state index contributed by atoms with van der Waals surface area (Å²) in [5.74, 6) is 1.11. The third kappa shape index (κ3) is 5.56. The number of amides is 1. The molecule has 8 heteroatoms. The highest BCUT2D eigenvalue weighted by Crippen LogP contribution is 2.29. The summed E-state index contributed by atoms with van der Waals surface area (Å²) in [6.07, 6.45) is 0. The van der Waals surface area contributed by atoms with Crippen molar-refractivity contribution in [2.24, 2.45) is 7.05 Å². The van der Waals surface area contributed by atoms with Gasteiger partial charge in [-0.1, -0.05) is 84.0 Å². The fourth-order valence-corrected chi connectivity index (χ4v) is 4.21. The summed E-state index contributed by atoms with van der Waals surface area (Å²) in [6, 6.07) is 25.0. The fraction of sp³-hybridized carbons (Fsp3) is 0.160. The largest absolute Gasteiger partial charge is 0.484 e. The zero-order valence-electron chi connectivity index (χ0n) is 18.2. The molecular formula is C25H23ClN4O2S. The van der Waals surface area contributed by atoms with Crippen LogP contribution in [0.1, 0.15) is 12.7 Å². The number of halogens is 1. The number of hydrogen-bond donors (Lipinski definition) is 1. The number of nitrogens with one attached hydrogen (secondary N) is 1. The molecule has 0 fully saturated rings. The van der Waals surface area contributed by atoms with Crippen molar-refractivity contribution in [3.05, 3.63) is 89.7 Å².